The fraction of sp³-hybridized carbons (Fsp3) is 1.00. The molecule has 0 spiro atoms. The Kier molecular flexibility index (Phi) is 8.88. The summed E-state index contributed by atoms with van der Waals surface area (Å²) in [5.41, 5.74) is 0. The lowest BCUT2D eigenvalue weighted by atomic mass is 10.4. The number of aliphatic hydroxyl groups excluding tert-OH is 1. The second-order valence-corrected chi connectivity index (χ2v) is 2.85. The van der Waals surface area contributed by atoms with Gasteiger partial charge in [-0.15, -0.1) is 0 Å². The Balaban J connectivity index is 3.06. The van der Waals surface area contributed by atoms with Gasteiger partial charge in [0.1, 0.15) is 0 Å². The minimum atomic E-state index is 0.290. The lowest BCUT2D eigenvalue weighted by Crippen LogP contribution is -2.32. The van der Waals surface area contributed by atoms with Crippen LogP contribution in [0.2, 0.25) is 0 Å². The van der Waals surface area contributed by atoms with Crippen molar-refractivity contribution in [2.45, 2.75) is 20.3 Å². The quantitative estimate of drug-likeness (QED) is 0.520. The Labute approximate surface area is 75.8 Å². The van der Waals surface area contributed by atoms with Crippen LogP contribution in [-0.4, -0.2) is 49.3 Å². The van der Waals surface area contributed by atoms with E-state index < -0.39 is 0 Å². The largest absolute Gasteiger partial charge is 0.396 e. The van der Waals surface area contributed by atoms with Gasteiger partial charge in [0.25, 0.3) is 0 Å². The highest BCUT2D eigenvalue weighted by Crippen LogP contribution is 1.83. The fourth-order valence-corrected chi connectivity index (χ4v) is 1.11. The van der Waals surface area contributed by atoms with Crippen molar-refractivity contribution in [2.24, 2.45) is 0 Å². The predicted octanol–water partition coefficient (Wildman–Crippen LogP) is 0.300. The molecule has 12 heavy (non-hydrogen) atoms. The summed E-state index contributed by atoms with van der Waals surface area (Å²) >= 11 is 0. The van der Waals surface area contributed by atoms with Crippen LogP contribution in [0.15, 0.2) is 0 Å². The molecular formula is C9H22N2O. The maximum absolute atomic E-state index is 8.52. The lowest BCUT2D eigenvalue weighted by molar-refractivity contribution is 0.278. The molecule has 0 rings (SSSR count). The highest BCUT2D eigenvalue weighted by molar-refractivity contribution is 4.55. The number of aliphatic hydroxyl groups is 1. The van der Waals surface area contributed by atoms with Gasteiger partial charge < -0.3 is 15.3 Å². The van der Waals surface area contributed by atoms with Gasteiger partial charge in [0, 0.05) is 19.7 Å². The van der Waals surface area contributed by atoms with Crippen LogP contribution in [0.1, 0.15) is 20.3 Å². The number of likely N-dealkylation sites (N-methyl/N-ethyl adjacent to an activating group) is 1. The van der Waals surface area contributed by atoms with Gasteiger partial charge in [0.2, 0.25) is 0 Å². The molecule has 0 saturated heterocycles. The van der Waals surface area contributed by atoms with Crippen molar-refractivity contribution in [3.63, 3.8) is 0 Å². The number of rotatable bonds is 8. The van der Waals surface area contributed by atoms with Gasteiger partial charge in [-0.2, -0.15) is 0 Å². The molecule has 74 valence electrons. The zero-order valence-electron chi connectivity index (χ0n) is 8.34. The van der Waals surface area contributed by atoms with E-state index in [0.29, 0.717) is 0 Å². The molecule has 0 unspecified atom stereocenters. The maximum atomic E-state index is 8.52. The zero-order valence-corrected chi connectivity index (χ0v) is 8.34. The van der Waals surface area contributed by atoms with Crippen molar-refractivity contribution in [3.05, 3.63) is 0 Å². The smallest absolute Gasteiger partial charge is 0.0443 e. The minimum Gasteiger partial charge on any atom is -0.396 e. The molecule has 0 aromatic heterocycles. The van der Waals surface area contributed by atoms with Gasteiger partial charge in [0.05, 0.1) is 0 Å². The van der Waals surface area contributed by atoms with Gasteiger partial charge in [-0.1, -0.05) is 13.8 Å². The molecule has 0 heterocycles. The van der Waals surface area contributed by atoms with E-state index in [1.807, 2.05) is 0 Å². The summed E-state index contributed by atoms with van der Waals surface area (Å²) < 4.78 is 0. The summed E-state index contributed by atoms with van der Waals surface area (Å²) in [7, 11) is 0. The van der Waals surface area contributed by atoms with Crippen molar-refractivity contribution >= 4 is 0 Å². The van der Waals surface area contributed by atoms with Gasteiger partial charge >= 0.3 is 0 Å². The molecule has 0 amide bonds. The van der Waals surface area contributed by atoms with Crippen molar-refractivity contribution in [2.75, 3.05) is 39.3 Å². The van der Waals surface area contributed by atoms with Gasteiger partial charge in [-0.3, -0.25) is 0 Å². The third-order valence-electron chi connectivity index (χ3n) is 2.01. The first-order valence-corrected chi connectivity index (χ1v) is 4.89. The standard InChI is InChI=1S/C9H22N2O/c1-3-11(4-2)8-7-10-6-5-9-12/h10,12H,3-9H2,1-2H3. The Hall–Kier alpha value is -0.120. The molecule has 0 aromatic rings. The SMILES string of the molecule is CCN(CC)CCNCCCO. The molecule has 2 N–H and O–H groups in total. The molecular weight excluding hydrogens is 152 g/mol. The highest BCUT2D eigenvalue weighted by atomic mass is 16.3. The van der Waals surface area contributed by atoms with Crippen LogP contribution < -0.4 is 5.32 Å². The van der Waals surface area contributed by atoms with Crippen molar-refractivity contribution in [1.29, 1.82) is 0 Å². The van der Waals surface area contributed by atoms with E-state index >= 15 is 0 Å². The van der Waals surface area contributed by atoms with E-state index in [9.17, 15) is 0 Å². The van der Waals surface area contributed by atoms with Gasteiger partial charge in [-0.05, 0) is 26.1 Å². The average molecular weight is 174 g/mol. The fourth-order valence-electron chi connectivity index (χ4n) is 1.11. The molecule has 0 saturated carbocycles. The number of nitrogens with one attached hydrogen (secondary N) is 1. The Morgan fingerprint density at radius 2 is 1.83 bits per heavy atom. The molecule has 3 heteroatoms. The van der Waals surface area contributed by atoms with Crippen LogP contribution in [0.25, 0.3) is 0 Å². The minimum absolute atomic E-state index is 0.290. The molecule has 0 aliphatic rings. The summed E-state index contributed by atoms with van der Waals surface area (Å²) in [5, 5.41) is 11.8. The predicted molar refractivity (Wildman–Crippen MR) is 52.4 cm³/mol. The highest BCUT2D eigenvalue weighted by Gasteiger charge is 1.96. The summed E-state index contributed by atoms with van der Waals surface area (Å²) in [6, 6.07) is 0. The third kappa shape index (κ3) is 6.58. The Morgan fingerprint density at radius 1 is 1.17 bits per heavy atom. The van der Waals surface area contributed by atoms with E-state index in [2.05, 4.69) is 24.1 Å². The van der Waals surface area contributed by atoms with E-state index in [4.69, 9.17) is 5.11 Å². The number of hydrogen-bond acceptors (Lipinski definition) is 3. The Bertz CT molecular complexity index is 84.6. The van der Waals surface area contributed by atoms with E-state index in [1.165, 1.54) is 0 Å². The molecule has 0 aliphatic heterocycles. The van der Waals surface area contributed by atoms with Crippen LogP contribution in [0, 0.1) is 0 Å². The normalized spacial score (nSPS) is 11.0. The molecule has 0 radical (unpaired) electrons. The van der Waals surface area contributed by atoms with Crippen LogP contribution in [0.5, 0.6) is 0 Å². The zero-order chi connectivity index (χ0) is 9.23. The maximum Gasteiger partial charge on any atom is 0.0443 e. The first-order valence-electron chi connectivity index (χ1n) is 4.89. The molecule has 0 fully saturated rings. The number of nitrogens with zero attached hydrogens (tertiary/aromatic N) is 1. The summed E-state index contributed by atoms with van der Waals surface area (Å²) in [4.78, 5) is 2.38. The topological polar surface area (TPSA) is 35.5 Å². The average Bonchev–Trinajstić information content (AvgIpc) is 2.11. The van der Waals surface area contributed by atoms with Crippen LogP contribution in [-0.2, 0) is 0 Å². The van der Waals surface area contributed by atoms with E-state index in [1.54, 1.807) is 0 Å². The first kappa shape index (κ1) is 11.9. The van der Waals surface area contributed by atoms with Gasteiger partial charge in [0.15, 0.2) is 0 Å². The monoisotopic (exact) mass is 174 g/mol. The van der Waals surface area contributed by atoms with Crippen LogP contribution in [0.3, 0.4) is 0 Å². The second kappa shape index (κ2) is 8.97. The first-order chi connectivity index (χ1) is 5.85. The van der Waals surface area contributed by atoms with Crippen molar-refractivity contribution in [1.82, 2.24) is 10.2 Å². The summed E-state index contributed by atoms with van der Waals surface area (Å²) in [6.45, 7) is 9.96. The third-order valence-corrected chi connectivity index (χ3v) is 2.01. The van der Waals surface area contributed by atoms with Gasteiger partial charge in [-0.25, -0.2) is 0 Å². The molecule has 0 atom stereocenters. The summed E-state index contributed by atoms with van der Waals surface area (Å²) in [5.74, 6) is 0. The molecule has 0 aliphatic carbocycles. The Morgan fingerprint density at radius 3 is 2.33 bits per heavy atom. The molecule has 0 aromatic carbocycles. The van der Waals surface area contributed by atoms with Crippen molar-refractivity contribution in [3.8, 4) is 0 Å². The molecule has 3 nitrogen and oxygen atoms in total. The number of hydrogen-bond donors (Lipinski definition) is 2. The van der Waals surface area contributed by atoms with E-state index in [0.717, 1.165) is 39.1 Å². The van der Waals surface area contributed by atoms with E-state index in [-0.39, 0.29) is 6.61 Å². The molecule has 0 bridgehead atoms. The van der Waals surface area contributed by atoms with Crippen molar-refractivity contribution < 1.29 is 5.11 Å². The second-order valence-electron chi connectivity index (χ2n) is 2.85. The van der Waals surface area contributed by atoms with Crippen LogP contribution in [0.4, 0.5) is 0 Å². The summed E-state index contributed by atoms with van der Waals surface area (Å²) in [6.07, 6.45) is 0.859. The lowest BCUT2D eigenvalue weighted by Gasteiger charge is -2.17. The van der Waals surface area contributed by atoms with Crippen LogP contribution >= 0.6 is 0 Å².